The van der Waals surface area contributed by atoms with Crippen LogP contribution in [0, 0.1) is 11.3 Å². The average Bonchev–Trinajstić information content (AvgIpc) is 2.99. The third-order valence-electron chi connectivity index (χ3n) is 2.95. The minimum atomic E-state index is 0.373. The summed E-state index contributed by atoms with van der Waals surface area (Å²) in [5.41, 5.74) is 7.47. The topological polar surface area (TPSA) is 80.8 Å². The Morgan fingerprint density at radius 3 is 2.84 bits per heavy atom. The maximum absolute atomic E-state index is 8.64. The lowest BCUT2D eigenvalue weighted by molar-refractivity contribution is 0.545. The molecule has 1 aromatic carbocycles. The first kappa shape index (κ1) is 11.4. The van der Waals surface area contributed by atoms with Gasteiger partial charge < -0.3 is 10.2 Å². The first-order valence-electron chi connectivity index (χ1n) is 5.98. The maximum Gasteiger partial charge on any atom is 0.227 e. The van der Waals surface area contributed by atoms with Crippen LogP contribution in [0.15, 0.2) is 40.8 Å². The van der Waals surface area contributed by atoms with Crippen LogP contribution >= 0.6 is 0 Å². The van der Waals surface area contributed by atoms with Gasteiger partial charge in [-0.3, -0.25) is 0 Å². The normalized spacial score (nSPS) is 10.7. The summed E-state index contributed by atoms with van der Waals surface area (Å²) in [6.07, 6.45) is 0.373. The van der Waals surface area contributed by atoms with E-state index in [0.29, 0.717) is 24.5 Å². The molecule has 0 bridgehead atoms. The number of aromatic nitrogens is 2. The molecule has 0 atom stereocenters. The molecule has 0 aliphatic carbocycles. The molecule has 3 rings (SSSR count). The number of rotatable bonds is 3. The standard InChI is InChI=1S/C14H12N4O/c15-7-4-8-18-14-11(13(16)17-18)9-12(19-14)10-5-2-1-3-6-10/h1-3,5-6,9H,4,8H2,(H2,16,17). The molecule has 2 heterocycles. The second-order valence-corrected chi connectivity index (χ2v) is 4.21. The first-order valence-corrected chi connectivity index (χ1v) is 5.98. The molecule has 2 aromatic heterocycles. The molecule has 0 fully saturated rings. The Balaban J connectivity index is 2.09. The van der Waals surface area contributed by atoms with Gasteiger partial charge in [-0.05, 0) is 6.07 Å². The van der Waals surface area contributed by atoms with E-state index in [2.05, 4.69) is 11.2 Å². The van der Waals surface area contributed by atoms with Crippen molar-refractivity contribution >= 4 is 16.9 Å². The monoisotopic (exact) mass is 252 g/mol. The van der Waals surface area contributed by atoms with Crippen molar-refractivity contribution in [2.45, 2.75) is 13.0 Å². The zero-order valence-corrected chi connectivity index (χ0v) is 10.2. The van der Waals surface area contributed by atoms with Gasteiger partial charge in [0, 0.05) is 5.56 Å². The van der Waals surface area contributed by atoms with Crippen molar-refractivity contribution < 1.29 is 4.42 Å². The highest BCUT2D eigenvalue weighted by molar-refractivity contribution is 5.89. The molecule has 5 heteroatoms. The molecule has 0 spiro atoms. The van der Waals surface area contributed by atoms with Gasteiger partial charge in [-0.25, -0.2) is 4.68 Å². The largest absolute Gasteiger partial charge is 0.438 e. The van der Waals surface area contributed by atoms with Crippen LogP contribution in [-0.4, -0.2) is 9.78 Å². The fourth-order valence-electron chi connectivity index (χ4n) is 2.04. The number of furan rings is 1. The minimum absolute atomic E-state index is 0.373. The predicted molar refractivity (Wildman–Crippen MR) is 72.1 cm³/mol. The molecule has 0 saturated heterocycles. The zero-order chi connectivity index (χ0) is 13.2. The summed E-state index contributed by atoms with van der Waals surface area (Å²) in [4.78, 5) is 0. The zero-order valence-electron chi connectivity index (χ0n) is 10.2. The van der Waals surface area contributed by atoms with Gasteiger partial charge in [0.15, 0.2) is 5.82 Å². The number of hydrogen-bond donors (Lipinski definition) is 1. The molecular formula is C14H12N4O. The molecule has 0 unspecified atom stereocenters. The fraction of sp³-hybridized carbons (Fsp3) is 0.143. The van der Waals surface area contributed by atoms with Crippen LogP contribution in [0.4, 0.5) is 5.82 Å². The Labute approximate surface area is 109 Å². The first-order chi connectivity index (χ1) is 9.29. The highest BCUT2D eigenvalue weighted by Crippen LogP contribution is 2.30. The Morgan fingerprint density at radius 1 is 1.32 bits per heavy atom. The number of nitrogens with zero attached hydrogens (tertiary/aromatic N) is 3. The van der Waals surface area contributed by atoms with E-state index in [1.54, 1.807) is 4.68 Å². The van der Waals surface area contributed by atoms with E-state index in [1.807, 2.05) is 36.4 Å². The fourth-order valence-corrected chi connectivity index (χ4v) is 2.04. The van der Waals surface area contributed by atoms with E-state index in [9.17, 15) is 0 Å². The van der Waals surface area contributed by atoms with Crippen LogP contribution in [0.25, 0.3) is 22.4 Å². The third kappa shape index (κ3) is 1.93. The summed E-state index contributed by atoms with van der Waals surface area (Å²) >= 11 is 0. The molecule has 3 aromatic rings. The molecule has 0 aliphatic heterocycles. The molecular weight excluding hydrogens is 240 g/mol. The van der Waals surface area contributed by atoms with E-state index in [0.717, 1.165) is 16.7 Å². The summed E-state index contributed by atoms with van der Waals surface area (Å²) in [6.45, 7) is 0.478. The summed E-state index contributed by atoms with van der Waals surface area (Å²) < 4.78 is 7.45. The Hall–Kier alpha value is -2.74. The van der Waals surface area contributed by atoms with Crippen molar-refractivity contribution in [1.29, 1.82) is 5.26 Å². The summed E-state index contributed by atoms with van der Waals surface area (Å²) in [7, 11) is 0. The van der Waals surface area contributed by atoms with Crippen molar-refractivity contribution in [3.8, 4) is 17.4 Å². The number of benzene rings is 1. The molecule has 5 nitrogen and oxygen atoms in total. The van der Waals surface area contributed by atoms with Gasteiger partial charge in [0.05, 0.1) is 24.4 Å². The van der Waals surface area contributed by atoms with Crippen LogP contribution in [0.2, 0.25) is 0 Å². The number of nitriles is 1. The number of fused-ring (bicyclic) bond motifs is 1. The molecule has 94 valence electrons. The van der Waals surface area contributed by atoms with Gasteiger partial charge in [-0.1, -0.05) is 30.3 Å². The Morgan fingerprint density at radius 2 is 2.11 bits per heavy atom. The van der Waals surface area contributed by atoms with Gasteiger partial charge in [0.1, 0.15) is 5.76 Å². The second kappa shape index (κ2) is 4.50. The van der Waals surface area contributed by atoms with Gasteiger partial charge in [-0.15, -0.1) is 0 Å². The molecule has 19 heavy (non-hydrogen) atoms. The quantitative estimate of drug-likeness (QED) is 0.777. The summed E-state index contributed by atoms with van der Waals surface area (Å²) in [5, 5.41) is 13.6. The Kier molecular flexibility index (Phi) is 2.69. The number of aryl methyl sites for hydroxylation is 1. The molecule has 0 amide bonds. The van der Waals surface area contributed by atoms with Crippen LogP contribution in [-0.2, 0) is 6.54 Å². The SMILES string of the molecule is N#CCCn1nc(N)c2cc(-c3ccccc3)oc21. The smallest absolute Gasteiger partial charge is 0.227 e. The van der Waals surface area contributed by atoms with Crippen LogP contribution in [0.3, 0.4) is 0 Å². The van der Waals surface area contributed by atoms with Crippen molar-refractivity contribution in [3.05, 3.63) is 36.4 Å². The van der Waals surface area contributed by atoms with Crippen LogP contribution < -0.4 is 5.73 Å². The maximum atomic E-state index is 8.64. The number of nitrogens with two attached hydrogens (primary N) is 1. The lowest BCUT2D eigenvalue weighted by Crippen LogP contribution is -1.99. The van der Waals surface area contributed by atoms with E-state index in [1.165, 1.54) is 0 Å². The van der Waals surface area contributed by atoms with Crippen molar-refractivity contribution in [3.63, 3.8) is 0 Å². The minimum Gasteiger partial charge on any atom is -0.438 e. The van der Waals surface area contributed by atoms with Crippen molar-refractivity contribution in [2.24, 2.45) is 0 Å². The molecule has 0 aliphatic rings. The molecule has 0 saturated carbocycles. The van der Waals surface area contributed by atoms with E-state index in [-0.39, 0.29) is 0 Å². The van der Waals surface area contributed by atoms with Crippen LogP contribution in [0.5, 0.6) is 0 Å². The number of hydrogen-bond acceptors (Lipinski definition) is 4. The van der Waals surface area contributed by atoms with Gasteiger partial charge >= 0.3 is 0 Å². The van der Waals surface area contributed by atoms with Gasteiger partial charge in [-0.2, -0.15) is 10.4 Å². The predicted octanol–water partition coefficient (Wildman–Crippen LogP) is 2.79. The van der Waals surface area contributed by atoms with E-state index in [4.69, 9.17) is 15.4 Å². The van der Waals surface area contributed by atoms with Crippen LogP contribution in [0.1, 0.15) is 6.42 Å². The van der Waals surface area contributed by atoms with Gasteiger partial charge in [0.2, 0.25) is 5.71 Å². The summed E-state index contributed by atoms with van der Waals surface area (Å²) in [6, 6.07) is 13.8. The van der Waals surface area contributed by atoms with Crippen molar-refractivity contribution in [1.82, 2.24) is 9.78 Å². The van der Waals surface area contributed by atoms with Crippen molar-refractivity contribution in [2.75, 3.05) is 5.73 Å². The van der Waals surface area contributed by atoms with E-state index >= 15 is 0 Å². The number of nitrogen functional groups attached to an aromatic ring is 1. The van der Waals surface area contributed by atoms with Gasteiger partial charge in [0.25, 0.3) is 0 Å². The highest BCUT2D eigenvalue weighted by Gasteiger charge is 2.14. The highest BCUT2D eigenvalue weighted by atomic mass is 16.3. The van der Waals surface area contributed by atoms with E-state index < -0.39 is 0 Å². The lowest BCUT2D eigenvalue weighted by Gasteiger charge is -1.97. The average molecular weight is 252 g/mol. The lowest BCUT2D eigenvalue weighted by atomic mass is 10.2. The molecule has 2 N–H and O–H groups in total. The third-order valence-corrected chi connectivity index (χ3v) is 2.95. The number of anilines is 1. The molecule has 0 radical (unpaired) electrons. The second-order valence-electron chi connectivity index (χ2n) is 4.21. The summed E-state index contributed by atoms with van der Waals surface area (Å²) in [5.74, 6) is 1.18. The Bertz CT molecular complexity index is 749.